The Morgan fingerprint density at radius 1 is 0.880 bits per heavy atom. The molecule has 3 aromatic rings. The van der Waals surface area contributed by atoms with Gasteiger partial charge in [-0.2, -0.15) is 4.98 Å². The number of aromatic nitrogens is 2. The number of rotatable bonds is 5. The van der Waals surface area contributed by atoms with Crippen molar-refractivity contribution in [3.8, 4) is 0 Å². The van der Waals surface area contributed by atoms with Crippen LogP contribution in [-0.4, -0.2) is 9.97 Å². The van der Waals surface area contributed by atoms with Crippen LogP contribution in [0.25, 0.3) is 0 Å². The number of anilines is 3. The first-order chi connectivity index (χ1) is 12.0. The molecule has 2 N–H and O–H groups in total. The number of benzene rings is 2. The van der Waals surface area contributed by atoms with Crippen molar-refractivity contribution < 1.29 is 0 Å². The van der Waals surface area contributed by atoms with Crippen molar-refractivity contribution in [3.63, 3.8) is 0 Å². The fourth-order valence-corrected chi connectivity index (χ4v) is 2.81. The molecule has 2 aromatic carbocycles. The van der Waals surface area contributed by atoms with Crippen LogP contribution in [-0.2, 0) is 6.54 Å². The monoisotopic (exact) mass is 352 g/mol. The molecule has 5 heteroatoms. The van der Waals surface area contributed by atoms with Crippen molar-refractivity contribution in [2.24, 2.45) is 0 Å². The van der Waals surface area contributed by atoms with Gasteiger partial charge in [0, 0.05) is 29.0 Å². The fourth-order valence-electron chi connectivity index (χ4n) is 2.69. The first-order valence-corrected chi connectivity index (χ1v) is 8.55. The summed E-state index contributed by atoms with van der Waals surface area (Å²) in [6, 6.07) is 16.0. The Hall–Kier alpha value is -2.59. The first kappa shape index (κ1) is 17.2. The van der Waals surface area contributed by atoms with E-state index in [-0.39, 0.29) is 0 Å². The summed E-state index contributed by atoms with van der Waals surface area (Å²) in [5.74, 6) is 1.37. The van der Waals surface area contributed by atoms with Crippen molar-refractivity contribution in [2.45, 2.75) is 27.3 Å². The van der Waals surface area contributed by atoms with Crippen molar-refractivity contribution in [1.29, 1.82) is 0 Å². The van der Waals surface area contributed by atoms with Crippen LogP contribution in [0.4, 0.5) is 17.5 Å². The second kappa shape index (κ2) is 7.53. The highest BCUT2D eigenvalue weighted by atomic mass is 35.5. The van der Waals surface area contributed by atoms with E-state index in [2.05, 4.69) is 52.6 Å². The van der Waals surface area contributed by atoms with Gasteiger partial charge in [0.2, 0.25) is 5.95 Å². The molecular weight excluding hydrogens is 332 g/mol. The molecule has 0 aliphatic rings. The largest absolute Gasteiger partial charge is 0.366 e. The van der Waals surface area contributed by atoms with Gasteiger partial charge in [-0.3, -0.25) is 0 Å². The lowest BCUT2D eigenvalue weighted by atomic mass is 10.1. The smallest absolute Gasteiger partial charge is 0.229 e. The number of hydrogen-bond donors (Lipinski definition) is 2. The van der Waals surface area contributed by atoms with Crippen LogP contribution in [0.1, 0.15) is 22.4 Å². The SMILES string of the molecule is Cc1cc(C)cc(Nc2nc(C)cc(NCc3ccc(Cl)cc3)n2)c1. The van der Waals surface area contributed by atoms with E-state index < -0.39 is 0 Å². The Balaban J connectivity index is 1.74. The molecule has 128 valence electrons. The fraction of sp³-hybridized carbons (Fsp3) is 0.200. The average molecular weight is 353 g/mol. The van der Waals surface area contributed by atoms with Crippen LogP contribution in [0.5, 0.6) is 0 Å². The molecule has 0 aliphatic carbocycles. The zero-order valence-electron chi connectivity index (χ0n) is 14.6. The van der Waals surface area contributed by atoms with Gasteiger partial charge in [-0.1, -0.05) is 29.8 Å². The third kappa shape index (κ3) is 4.94. The summed E-state index contributed by atoms with van der Waals surface area (Å²) in [4.78, 5) is 9.04. The lowest BCUT2D eigenvalue weighted by Crippen LogP contribution is -2.05. The standard InChI is InChI=1S/C20H21ClN4/c1-13-8-14(2)10-18(9-13)24-20-23-15(3)11-19(25-20)22-12-16-4-6-17(21)7-5-16/h4-11H,12H2,1-3H3,(H2,22,23,24,25). The second-order valence-electron chi connectivity index (χ2n) is 6.20. The molecule has 25 heavy (non-hydrogen) atoms. The Labute approximate surface area is 153 Å². The molecule has 0 spiro atoms. The van der Waals surface area contributed by atoms with E-state index in [1.807, 2.05) is 37.3 Å². The number of nitrogens with zero attached hydrogens (tertiary/aromatic N) is 2. The highest BCUT2D eigenvalue weighted by molar-refractivity contribution is 6.30. The molecular formula is C20H21ClN4. The zero-order chi connectivity index (χ0) is 17.8. The van der Waals surface area contributed by atoms with E-state index in [1.165, 1.54) is 11.1 Å². The van der Waals surface area contributed by atoms with Crippen molar-refractivity contribution in [3.05, 3.63) is 75.9 Å². The summed E-state index contributed by atoms with van der Waals surface area (Å²) < 4.78 is 0. The van der Waals surface area contributed by atoms with E-state index in [4.69, 9.17) is 11.6 Å². The predicted octanol–water partition coefficient (Wildman–Crippen LogP) is 5.41. The molecule has 1 aromatic heterocycles. The molecule has 0 amide bonds. The summed E-state index contributed by atoms with van der Waals surface area (Å²) in [5, 5.41) is 7.37. The molecule has 3 rings (SSSR count). The predicted molar refractivity (Wildman–Crippen MR) is 105 cm³/mol. The highest BCUT2D eigenvalue weighted by Gasteiger charge is 2.04. The zero-order valence-corrected chi connectivity index (χ0v) is 15.4. The maximum atomic E-state index is 5.92. The lowest BCUT2D eigenvalue weighted by Gasteiger charge is -2.11. The van der Waals surface area contributed by atoms with Crippen LogP contribution in [0.15, 0.2) is 48.5 Å². The molecule has 0 aliphatic heterocycles. The number of halogens is 1. The van der Waals surface area contributed by atoms with Gasteiger partial charge in [0.25, 0.3) is 0 Å². The van der Waals surface area contributed by atoms with E-state index in [0.29, 0.717) is 12.5 Å². The van der Waals surface area contributed by atoms with Gasteiger partial charge in [0.05, 0.1) is 0 Å². The van der Waals surface area contributed by atoms with Crippen LogP contribution in [0.3, 0.4) is 0 Å². The Morgan fingerprint density at radius 2 is 1.56 bits per heavy atom. The topological polar surface area (TPSA) is 49.8 Å². The molecule has 0 saturated carbocycles. The van der Waals surface area contributed by atoms with Gasteiger partial charge in [-0.15, -0.1) is 0 Å². The highest BCUT2D eigenvalue weighted by Crippen LogP contribution is 2.19. The van der Waals surface area contributed by atoms with Crippen LogP contribution in [0, 0.1) is 20.8 Å². The van der Waals surface area contributed by atoms with E-state index in [0.717, 1.165) is 27.8 Å². The van der Waals surface area contributed by atoms with E-state index in [9.17, 15) is 0 Å². The van der Waals surface area contributed by atoms with E-state index >= 15 is 0 Å². The Bertz CT molecular complexity index is 855. The van der Waals surface area contributed by atoms with Crippen LogP contribution in [0.2, 0.25) is 5.02 Å². The van der Waals surface area contributed by atoms with Crippen molar-refractivity contribution in [1.82, 2.24) is 9.97 Å². The number of aryl methyl sites for hydroxylation is 3. The molecule has 0 saturated heterocycles. The van der Waals surface area contributed by atoms with Gasteiger partial charge >= 0.3 is 0 Å². The Morgan fingerprint density at radius 3 is 2.24 bits per heavy atom. The van der Waals surface area contributed by atoms with Gasteiger partial charge in [0.1, 0.15) is 5.82 Å². The first-order valence-electron chi connectivity index (χ1n) is 8.17. The van der Waals surface area contributed by atoms with Crippen LogP contribution >= 0.6 is 11.6 Å². The molecule has 0 fully saturated rings. The van der Waals surface area contributed by atoms with E-state index in [1.54, 1.807) is 0 Å². The summed E-state index contributed by atoms with van der Waals surface area (Å²) >= 11 is 5.92. The van der Waals surface area contributed by atoms with Crippen LogP contribution < -0.4 is 10.6 Å². The lowest BCUT2D eigenvalue weighted by molar-refractivity contribution is 1.06. The minimum atomic E-state index is 0.587. The quantitative estimate of drug-likeness (QED) is 0.644. The molecule has 4 nitrogen and oxygen atoms in total. The van der Waals surface area contributed by atoms with Gasteiger partial charge in [0.15, 0.2) is 0 Å². The van der Waals surface area contributed by atoms with Gasteiger partial charge in [-0.05, 0) is 61.7 Å². The molecule has 0 unspecified atom stereocenters. The second-order valence-corrected chi connectivity index (χ2v) is 6.64. The molecule has 0 bridgehead atoms. The maximum Gasteiger partial charge on any atom is 0.229 e. The van der Waals surface area contributed by atoms with Crippen molar-refractivity contribution in [2.75, 3.05) is 10.6 Å². The third-order valence-corrected chi connectivity index (χ3v) is 3.97. The third-order valence-electron chi connectivity index (χ3n) is 3.72. The molecule has 0 radical (unpaired) electrons. The van der Waals surface area contributed by atoms with Gasteiger partial charge < -0.3 is 10.6 Å². The minimum absolute atomic E-state index is 0.587. The van der Waals surface area contributed by atoms with Gasteiger partial charge in [-0.25, -0.2) is 4.98 Å². The maximum absolute atomic E-state index is 5.92. The summed E-state index contributed by atoms with van der Waals surface area (Å²) in [6.45, 7) is 6.79. The summed E-state index contributed by atoms with van der Waals surface area (Å²) in [7, 11) is 0. The average Bonchev–Trinajstić information content (AvgIpc) is 2.53. The minimum Gasteiger partial charge on any atom is -0.366 e. The Kier molecular flexibility index (Phi) is 5.19. The van der Waals surface area contributed by atoms with Crippen molar-refractivity contribution >= 4 is 29.1 Å². The number of hydrogen-bond acceptors (Lipinski definition) is 4. The molecule has 1 heterocycles. The normalized spacial score (nSPS) is 10.6. The number of nitrogens with one attached hydrogen (secondary N) is 2. The molecule has 0 atom stereocenters. The summed E-state index contributed by atoms with van der Waals surface area (Å²) in [6.07, 6.45) is 0. The summed E-state index contributed by atoms with van der Waals surface area (Å²) in [5.41, 5.74) is 5.45.